The third-order valence-electron chi connectivity index (χ3n) is 3.29. The lowest BCUT2D eigenvalue weighted by atomic mass is 10.0. The van der Waals surface area contributed by atoms with Gasteiger partial charge in [-0.1, -0.05) is 24.1 Å². The van der Waals surface area contributed by atoms with E-state index in [2.05, 4.69) is 26.5 Å². The second kappa shape index (κ2) is 8.75. The average molecular weight is 398 g/mol. The molecule has 6 nitrogen and oxygen atoms in total. The van der Waals surface area contributed by atoms with Crippen LogP contribution in [0.2, 0.25) is 0 Å². The zero-order valence-electron chi connectivity index (χ0n) is 13.9. The number of benzene rings is 1. The van der Waals surface area contributed by atoms with E-state index in [1.165, 1.54) is 7.11 Å². The SMILES string of the molecule is COC(=O)Cc1ccccc1C#Cc1nc(CS(=O)O)ncc1C(F)(F)F. The Morgan fingerprint density at radius 1 is 1.30 bits per heavy atom. The molecule has 142 valence electrons. The number of aromatic nitrogens is 2. The Bertz CT molecular complexity index is 936. The molecule has 2 aromatic rings. The second-order valence-electron chi connectivity index (χ2n) is 5.17. The molecule has 0 amide bonds. The molecule has 0 bridgehead atoms. The summed E-state index contributed by atoms with van der Waals surface area (Å²) in [5, 5.41) is 0. The summed E-state index contributed by atoms with van der Waals surface area (Å²) < 4.78 is 63.7. The summed E-state index contributed by atoms with van der Waals surface area (Å²) in [6.45, 7) is 0. The maximum atomic E-state index is 13.1. The summed E-state index contributed by atoms with van der Waals surface area (Å²) in [6.07, 6.45) is -4.31. The number of hydrogen-bond donors (Lipinski definition) is 1. The highest BCUT2D eigenvalue weighted by Crippen LogP contribution is 2.30. The minimum Gasteiger partial charge on any atom is -0.469 e. The van der Waals surface area contributed by atoms with E-state index < -0.39 is 40.2 Å². The standard InChI is InChI=1S/C17H13F3N2O4S/c1-26-16(23)8-12-5-3-2-4-11(12)6-7-14-13(17(18,19)20)9-21-15(22-14)10-27(24)25/h2-5,9H,8,10H2,1H3,(H,24,25). The molecule has 1 heterocycles. The van der Waals surface area contributed by atoms with E-state index in [0.717, 1.165) is 0 Å². The van der Waals surface area contributed by atoms with Crippen molar-refractivity contribution in [2.75, 3.05) is 7.11 Å². The van der Waals surface area contributed by atoms with Crippen molar-refractivity contribution in [1.29, 1.82) is 0 Å². The van der Waals surface area contributed by atoms with Crippen LogP contribution in [0.4, 0.5) is 13.2 Å². The Hall–Kier alpha value is -2.77. The molecule has 10 heteroatoms. The minimum atomic E-state index is -4.74. The number of ether oxygens (including phenoxy) is 1. The Labute approximate surface area is 155 Å². The van der Waals surface area contributed by atoms with Gasteiger partial charge in [0.25, 0.3) is 0 Å². The third kappa shape index (κ3) is 5.87. The van der Waals surface area contributed by atoms with Crippen LogP contribution in [0.15, 0.2) is 30.5 Å². The number of nitrogens with zero attached hydrogens (tertiary/aromatic N) is 2. The molecule has 0 spiro atoms. The van der Waals surface area contributed by atoms with Crippen LogP contribution in [0, 0.1) is 11.8 Å². The number of hydrogen-bond acceptors (Lipinski definition) is 5. The molecule has 0 fully saturated rings. The van der Waals surface area contributed by atoms with Gasteiger partial charge >= 0.3 is 12.1 Å². The molecule has 0 saturated carbocycles. The highest BCUT2D eigenvalue weighted by molar-refractivity contribution is 7.78. The number of halogens is 3. The first-order chi connectivity index (χ1) is 12.7. The molecule has 0 aliphatic heterocycles. The van der Waals surface area contributed by atoms with E-state index in [9.17, 15) is 22.2 Å². The summed E-state index contributed by atoms with van der Waals surface area (Å²) in [6, 6.07) is 6.43. The zero-order chi connectivity index (χ0) is 20.0. The molecule has 1 aromatic heterocycles. The molecule has 0 aliphatic carbocycles. The number of rotatable bonds is 4. The summed E-state index contributed by atoms with van der Waals surface area (Å²) in [5.74, 6) is 3.61. The first-order valence-corrected chi connectivity index (χ1v) is 8.65. The van der Waals surface area contributed by atoms with Crippen LogP contribution in [-0.4, -0.2) is 31.8 Å². The van der Waals surface area contributed by atoms with Gasteiger partial charge in [-0.3, -0.25) is 4.79 Å². The van der Waals surface area contributed by atoms with E-state index in [4.69, 9.17) is 4.55 Å². The van der Waals surface area contributed by atoms with Crippen LogP contribution >= 0.6 is 0 Å². The van der Waals surface area contributed by atoms with Crippen LogP contribution in [0.5, 0.6) is 0 Å². The summed E-state index contributed by atoms with van der Waals surface area (Å²) >= 11 is -2.31. The van der Waals surface area contributed by atoms with E-state index in [1.807, 2.05) is 0 Å². The smallest absolute Gasteiger partial charge is 0.420 e. The fourth-order valence-corrected chi connectivity index (χ4v) is 2.41. The normalized spacial score (nSPS) is 12.0. The highest BCUT2D eigenvalue weighted by atomic mass is 32.2. The van der Waals surface area contributed by atoms with Crippen molar-refractivity contribution in [3.8, 4) is 11.8 Å². The lowest BCUT2D eigenvalue weighted by Gasteiger charge is -2.09. The van der Waals surface area contributed by atoms with E-state index in [-0.39, 0.29) is 12.2 Å². The monoisotopic (exact) mass is 398 g/mol. The van der Waals surface area contributed by atoms with Crippen molar-refractivity contribution in [2.24, 2.45) is 0 Å². The van der Waals surface area contributed by atoms with Crippen LogP contribution in [0.3, 0.4) is 0 Å². The number of methoxy groups -OCH3 is 1. The van der Waals surface area contributed by atoms with Crippen molar-refractivity contribution in [2.45, 2.75) is 18.3 Å². The van der Waals surface area contributed by atoms with Crippen molar-refractivity contribution in [3.05, 3.63) is 58.7 Å². The fraction of sp³-hybridized carbons (Fsp3) is 0.235. The molecule has 1 atom stereocenters. The molecule has 1 unspecified atom stereocenters. The molecule has 1 N–H and O–H groups in total. The topological polar surface area (TPSA) is 89.4 Å². The second-order valence-corrected chi connectivity index (χ2v) is 6.10. The molecule has 0 saturated heterocycles. The maximum absolute atomic E-state index is 13.1. The quantitative estimate of drug-likeness (QED) is 0.483. The molecule has 0 aliphatic rings. The third-order valence-corrected chi connectivity index (χ3v) is 3.80. The predicted octanol–water partition coefficient (Wildman–Crippen LogP) is 2.33. The lowest BCUT2D eigenvalue weighted by Crippen LogP contribution is -2.12. The van der Waals surface area contributed by atoms with Gasteiger partial charge in [0, 0.05) is 11.8 Å². The Balaban J connectivity index is 2.48. The summed E-state index contributed by atoms with van der Waals surface area (Å²) in [7, 11) is 1.22. The summed E-state index contributed by atoms with van der Waals surface area (Å²) in [5.41, 5.74) is -0.961. The van der Waals surface area contributed by atoms with Gasteiger partial charge in [0.2, 0.25) is 0 Å². The maximum Gasteiger partial charge on any atom is 0.420 e. The van der Waals surface area contributed by atoms with E-state index >= 15 is 0 Å². The van der Waals surface area contributed by atoms with Gasteiger partial charge in [-0.25, -0.2) is 14.2 Å². The number of carbonyl (C=O) groups excluding carboxylic acids is 1. The highest BCUT2D eigenvalue weighted by Gasteiger charge is 2.34. The lowest BCUT2D eigenvalue weighted by molar-refractivity contribution is -0.140. The van der Waals surface area contributed by atoms with Gasteiger partial charge in [-0.05, 0) is 17.6 Å². The Morgan fingerprint density at radius 3 is 2.63 bits per heavy atom. The molecular formula is C17H13F3N2O4S. The van der Waals surface area contributed by atoms with Crippen LogP contribution in [0.1, 0.15) is 28.2 Å². The molecular weight excluding hydrogens is 385 g/mol. The van der Waals surface area contributed by atoms with Gasteiger partial charge in [-0.15, -0.1) is 0 Å². The summed E-state index contributed by atoms with van der Waals surface area (Å²) in [4.78, 5) is 18.6. The number of alkyl halides is 3. The van der Waals surface area contributed by atoms with Crippen LogP contribution in [-0.2, 0) is 39.0 Å². The molecule has 2 rings (SSSR count). The Morgan fingerprint density at radius 2 is 2.00 bits per heavy atom. The Kier molecular flexibility index (Phi) is 6.65. The molecule has 1 aromatic carbocycles. The van der Waals surface area contributed by atoms with Crippen LogP contribution < -0.4 is 0 Å². The predicted molar refractivity (Wildman–Crippen MR) is 89.7 cm³/mol. The first-order valence-electron chi connectivity index (χ1n) is 7.38. The zero-order valence-corrected chi connectivity index (χ0v) is 14.7. The van der Waals surface area contributed by atoms with Crippen molar-refractivity contribution < 1.29 is 31.5 Å². The van der Waals surface area contributed by atoms with Gasteiger partial charge in [0.15, 0.2) is 11.1 Å². The van der Waals surface area contributed by atoms with E-state index in [0.29, 0.717) is 17.3 Å². The fourth-order valence-electron chi connectivity index (χ4n) is 2.05. The minimum absolute atomic E-state index is 0.0913. The van der Waals surface area contributed by atoms with E-state index in [1.54, 1.807) is 24.3 Å². The van der Waals surface area contributed by atoms with Gasteiger partial charge in [0.1, 0.15) is 22.8 Å². The van der Waals surface area contributed by atoms with Crippen molar-refractivity contribution in [1.82, 2.24) is 9.97 Å². The average Bonchev–Trinajstić information content (AvgIpc) is 2.59. The van der Waals surface area contributed by atoms with Gasteiger partial charge in [-0.2, -0.15) is 13.2 Å². The molecule has 0 radical (unpaired) electrons. The van der Waals surface area contributed by atoms with Crippen molar-refractivity contribution in [3.63, 3.8) is 0 Å². The molecule has 27 heavy (non-hydrogen) atoms. The number of carbonyl (C=O) groups is 1. The first kappa shape index (κ1) is 20.5. The largest absolute Gasteiger partial charge is 0.469 e. The van der Waals surface area contributed by atoms with Crippen molar-refractivity contribution >= 4 is 17.0 Å². The number of esters is 1. The van der Waals surface area contributed by atoms with Crippen LogP contribution in [0.25, 0.3) is 0 Å². The van der Waals surface area contributed by atoms with Gasteiger partial charge in [0.05, 0.1) is 13.5 Å². The van der Waals surface area contributed by atoms with Gasteiger partial charge < -0.3 is 9.29 Å².